The third-order valence-electron chi connectivity index (χ3n) is 4.67. The number of piperidine rings is 1. The van der Waals surface area contributed by atoms with E-state index in [-0.39, 0.29) is 22.2 Å². The minimum Gasteiger partial charge on any atom is -0.336 e. The van der Waals surface area contributed by atoms with Crippen molar-refractivity contribution in [2.24, 2.45) is 0 Å². The molecule has 0 aliphatic carbocycles. The largest absolute Gasteiger partial charge is 0.336 e. The predicted molar refractivity (Wildman–Crippen MR) is 83.8 cm³/mol. The lowest BCUT2D eigenvalue weighted by Crippen LogP contribution is -2.50. The summed E-state index contributed by atoms with van der Waals surface area (Å²) in [7, 11) is 0. The topological polar surface area (TPSA) is 32.3 Å². The third-order valence-corrected chi connectivity index (χ3v) is 5.48. The molecule has 5 heteroatoms. The Labute approximate surface area is 133 Å². The minimum absolute atomic E-state index is 0.0739. The summed E-state index contributed by atoms with van der Waals surface area (Å²) in [5.41, 5.74) is 0.419. The van der Waals surface area contributed by atoms with Gasteiger partial charge < -0.3 is 10.2 Å². The van der Waals surface area contributed by atoms with E-state index in [1.807, 2.05) is 11.8 Å². The number of carbonyl (C=O) groups is 1. The minimum atomic E-state index is -0.387. The maximum atomic E-state index is 13.7. The summed E-state index contributed by atoms with van der Waals surface area (Å²) in [5.74, 6) is -0.461. The molecule has 0 aromatic heterocycles. The molecule has 1 amide bonds. The standard InChI is InChI=1S/C16H20BrFN2O/c1-2-20(12-8-10-6-7-11(9-12)19-10)16(21)13-4-3-5-14(18)15(13)17/h3-5,10-12,19H,2,6-9H2,1H3. The highest BCUT2D eigenvalue weighted by Gasteiger charge is 2.37. The van der Waals surface area contributed by atoms with Gasteiger partial charge in [0, 0.05) is 24.7 Å². The molecule has 2 aliphatic heterocycles. The molecular weight excluding hydrogens is 335 g/mol. The van der Waals surface area contributed by atoms with Crippen molar-refractivity contribution in [2.45, 2.75) is 50.7 Å². The first-order chi connectivity index (χ1) is 10.1. The van der Waals surface area contributed by atoms with Crippen LogP contribution in [-0.4, -0.2) is 35.5 Å². The monoisotopic (exact) mass is 354 g/mol. The van der Waals surface area contributed by atoms with E-state index < -0.39 is 0 Å². The molecule has 1 N–H and O–H groups in total. The zero-order chi connectivity index (χ0) is 15.0. The highest BCUT2D eigenvalue weighted by atomic mass is 79.9. The molecule has 0 spiro atoms. The van der Waals surface area contributed by atoms with Crippen LogP contribution >= 0.6 is 15.9 Å². The Morgan fingerprint density at radius 2 is 2.05 bits per heavy atom. The van der Waals surface area contributed by atoms with Gasteiger partial charge >= 0.3 is 0 Å². The van der Waals surface area contributed by atoms with Gasteiger partial charge in [0.05, 0.1) is 10.0 Å². The molecule has 2 atom stereocenters. The third kappa shape index (κ3) is 2.86. The first-order valence-electron chi connectivity index (χ1n) is 7.61. The average molecular weight is 355 g/mol. The summed E-state index contributed by atoms with van der Waals surface area (Å²) < 4.78 is 13.9. The van der Waals surface area contributed by atoms with E-state index in [0.717, 1.165) is 12.8 Å². The fourth-order valence-electron chi connectivity index (χ4n) is 3.67. The van der Waals surface area contributed by atoms with Crippen LogP contribution in [0.25, 0.3) is 0 Å². The number of amides is 1. The number of halogens is 2. The predicted octanol–water partition coefficient (Wildman–Crippen LogP) is 3.33. The summed E-state index contributed by atoms with van der Waals surface area (Å²) in [6.45, 7) is 2.65. The zero-order valence-electron chi connectivity index (χ0n) is 12.1. The van der Waals surface area contributed by atoms with Crippen molar-refractivity contribution >= 4 is 21.8 Å². The molecule has 0 saturated carbocycles. The number of nitrogens with zero attached hydrogens (tertiary/aromatic N) is 1. The number of hydrogen-bond donors (Lipinski definition) is 1. The van der Waals surface area contributed by atoms with Crippen molar-refractivity contribution in [3.63, 3.8) is 0 Å². The van der Waals surface area contributed by atoms with Gasteiger partial charge in [-0.3, -0.25) is 4.79 Å². The first-order valence-corrected chi connectivity index (χ1v) is 8.40. The molecule has 2 bridgehead atoms. The number of nitrogens with one attached hydrogen (secondary N) is 1. The molecule has 1 aromatic carbocycles. The van der Waals surface area contributed by atoms with Gasteiger partial charge in [-0.15, -0.1) is 0 Å². The van der Waals surface area contributed by atoms with Crippen molar-refractivity contribution in [3.05, 3.63) is 34.1 Å². The van der Waals surface area contributed by atoms with Crippen molar-refractivity contribution in [1.82, 2.24) is 10.2 Å². The van der Waals surface area contributed by atoms with Crippen LogP contribution in [0.1, 0.15) is 43.0 Å². The Hall–Kier alpha value is -0.940. The molecule has 2 aliphatic rings. The Bertz CT molecular complexity index is 539. The average Bonchev–Trinajstić information content (AvgIpc) is 2.81. The second-order valence-corrected chi connectivity index (χ2v) is 6.75. The van der Waals surface area contributed by atoms with E-state index in [4.69, 9.17) is 0 Å². The molecular formula is C16H20BrFN2O. The lowest BCUT2D eigenvalue weighted by Gasteiger charge is -2.37. The Morgan fingerprint density at radius 1 is 1.38 bits per heavy atom. The van der Waals surface area contributed by atoms with E-state index in [0.29, 0.717) is 24.2 Å². The Balaban J connectivity index is 1.82. The molecule has 0 radical (unpaired) electrons. The van der Waals surface area contributed by atoms with Crippen LogP contribution in [-0.2, 0) is 0 Å². The van der Waals surface area contributed by atoms with Crippen LogP contribution < -0.4 is 5.32 Å². The normalized spacial score (nSPS) is 27.7. The molecule has 2 saturated heterocycles. The van der Waals surface area contributed by atoms with Crippen molar-refractivity contribution in [2.75, 3.05) is 6.54 Å². The van der Waals surface area contributed by atoms with Crippen molar-refractivity contribution in [1.29, 1.82) is 0 Å². The summed E-state index contributed by atoms with van der Waals surface area (Å²) in [6.07, 6.45) is 4.42. The highest BCUT2D eigenvalue weighted by molar-refractivity contribution is 9.10. The van der Waals surface area contributed by atoms with E-state index in [1.165, 1.54) is 18.9 Å². The van der Waals surface area contributed by atoms with E-state index in [9.17, 15) is 9.18 Å². The second-order valence-electron chi connectivity index (χ2n) is 5.96. The van der Waals surface area contributed by atoms with E-state index in [2.05, 4.69) is 21.2 Å². The van der Waals surface area contributed by atoms with Gasteiger partial charge in [0.2, 0.25) is 0 Å². The van der Waals surface area contributed by atoms with Crippen LogP contribution in [0.4, 0.5) is 4.39 Å². The van der Waals surface area contributed by atoms with E-state index >= 15 is 0 Å². The van der Waals surface area contributed by atoms with Gasteiger partial charge in [-0.25, -0.2) is 4.39 Å². The number of hydrogen-bond acceptors (Lipinski definition) is 2. The molecule has 2 unspecified atom stereocenters. The van der Waals surface area contributed by atoms with Gasteiger partial charge in [0.25, 0.3) is 5.91 Å². The molecule has 114 valence electrons. The quantitative estimate of drug-likeness (QED) is 0.902. The lowest BCUT2D eigenvalue weighted by atomic mass is 9.97. The van der Waals surface area contributed by atoms with Gasteiger partial charge in [-0.05, 0) is 60.7 Å². The maximum Gasteiger partial charge on any atom is 0.255 e. The maximum absolute atomic E-state index is 13.7. The molecule has 3 rings (SSSR count). The highest BCUT2D eigenvalue weighted by Crippen LogP contribution is 2.31. The number of rotatable bonds is 3. The van der Waals surface area contributed by atoms with Crippen molar-refractivity contribution < 1.29 is 9.18 Å². The smallest absolute Gasteiger partial charge is 0.255 e. The van der Waals surface area contributed by atoms with Crippen LogP contribution in [0.3, 0.4) is 0 Å². The lowest BCUT2D eigenvalue weighted by molar-refractivity contribution is 0.0629. The molecule has 1 aromatic rings. The SMILES string of the molecule is CCN(C(=O)c1cccc(F)c1Br)C1CC2CCC(C1)N2. The van der Waals surface area contributed by atoms with Gasteiger partial charge in [0.15, 0.2) is 0 Å². The molecule has 21 heavy (non-hydrogen) atoms. The van der Waals surface area contributed by atoms with Crippen LogP contribution in [0.15, 0.2) is 22.7 Å². The Kier molecular flexibility index (Phi) is 4.31. The van der Waals surface area contributed by atoms with E-state index in [1.54, 1.807) is 12.1 Å². The summed E-state index contributed by atoms with van der Waals surface area (Å²) >= 11 is 3.20. The fourth-order valence-corrected chi connectivity index (χ4v) is 4.11. The number of fused-ring (bicyclic) bond motifs is 2. The fraction of sp³-hybridized carbons (Fsp3) is 0.562. The number of carbonyl (C=O) groups excluding carboxylic acids is 1. The summed E-state index contributed by atoms with van der Waals surface area (Å²) in [4.78, 5) is 14.7. The first kappa shape index (κ1) is 15.0. The summed E-state index contributed by atoms with van der Waals surface area (Å²) in [6, 6.07) is 5.97. The van der Waals surface area contributed by atoms with Gasteiger partial charge in [0.1, 0.15) is 5.82 Å². The van der Waals surface area contributed by atoms with Crippen molar-refractivity contribution in [3.8, 4) is 0 Å². The van der Waals surface area contributed by atoms with Gasteiger partial charge in [-0.2, -0.15) is 0 Å². The number of benzene rings is 1. The van der Waals surface area contributed by atoms with Gasteiger partial charge in [-0.1, -0.05) is 6.07 Å². The Morgan fingerprint density at radius 3 is 2.67 bits per heavy atom. The van der Waals surface area contributed by atoms with Crippen LogP contribution in [0.2, 0.25) is 0 Å². The second kappa shape index (κ2) is 6.05. The molecule has 3 nitrogen and oxygen atoms in total. The van der Waals surface area contributed by atoms with Crippen LogP contribution in [0, 0.1) is 5.82 Å². The van der Waals surface area contributed by atoms with Crippen LogP contribution in [0.5, 0.6) is 0 Å². The molecule has 2 heterocycles. The molecule has 2 fully saturated rings. The zero-order valence-corrected chi connectivity index (χ0v) is 13.7. The summed E-state index contributed by atoms with van der Waals surface area (Å²) in [5, 5.41) is 3.59.